The summed E-state index contributed by atoms with van der Waals surface area (Å²) in [4.78, 5) is 0. The lowest BCUT2D eigenvalue weighted by molar-refractivity contribution is 0.541. The average Bonchev–Trinajstić information content (AvgIpc) is 2.79. The first-order chi connectivity index (χ1) is 9.51. The van der Waals surface area contributed by atoms with E-state index in [1.54, 1.807) is 13.0 Å². The molecule has 1 unspecified atom stereocenters. The zero-order valence-electron chi connectivity index (χ0n) is 12.6. The Labute approximate surface area is 119 Å². The summed E-state index contributed by atoms with van der Waals surface area (Å²) >= 11 is 0. The van der Waals surface area contributed by atoms with E-state index in [0.717, 1.165) is 29.9 Å². The van der Waals surface area contributed by atoms with Gasteiger partial charge in [-0.1, -0.05) is 19.1 Å². The fourth-order valence-corrected chi connectivity index (χ4v) is 2.16. The predicted octanol–water partition coefficient (Wildman–Crippen LogP) is 3.28. The third kappa shape index (κ3) is 3.25. The van der Waals surface area contributed by atoms with Crippen molar-refractivity contribution in [2.24, 2.45) is 7.05 Å². The van der Waals surface area contributed by atoms with Gasteiger partial charge in [-0.2, -0.15) is 5.10 Å². The maximum Gasteiger partial charge on any atom is 0.126 e. The monoisotopic (exact) mass is 275 g/mol. The zero-order chi connectivity index (χ0) is 14.7. The second-order valence-corrected chi connectivity index (χ2v) is 5.22. The highest BCUT2D eigenvalue weighted by Crippen LogP contribution is 2.17. The van der Waals surface area contributed by atoms with Crippen molar-refractivity contribution in [3.8, 4) is 0 Å². The van der Waals surface area contributed by atoms with Crippen molar-refractivity contribution in [2.75, 3.05) is 0 Å². The Balaban J connectivity index is 2.02. The molecule has 4 heteroatoms. The highest BCUT2D eigenvalue weighted by molar-refractivity contribution is 5.25. The molecule has 0 fully saturated rings. The highest BCUT2D eigenvalue weighted by atomic mass is 19.1. The van der Waals surface area contributed by atoms with Crippen LogP contribution in [0.2, 0.25) is 0 Å². The van der Waals surface area contributed by atoms with Gasteiger partial charge < -0.3 is 5.32 Å². The van der Waals surface area contributed by atoms with Gasteiger partial charge in [-0.3, -0.25) is 4.68 Å². The van der Waals surface area contributed by atoms with Crippen LogP contribution in [0.15, 0.2) is 24.3 Å². The molecule has 2 rings (SSSR count). The Bertz CT molecular complexity index is 589. The summed E-state index contributed by atoms with van der Waals surface area (Å²) in [6.45, 7) is 6.64. The maximum absolute atomic E-state index is 13.6. The van der Waals surface area contributed by atoms with Gasteiger partial charge in [0.2, 0.25) is 0 Å². The van der Waals surface area contributed by atoms with E-state index in [9.17, 15) is 4.39 Å². The number of halogens is 1. The summed E-state index contributed by atoms with van der Waals surface area (Å²) in [6.07, 6.45) is 0.937. The maximum atomic E-state index is 13.6. The first-order valence-electron chi connectivity index (χ1n) is 7.02. The van der Waals surface area contributed by atoms with Gasteiger partial charge in [0.15, 0.2) is 0 Å². The minimum atomic E-state index is -0.148. The fraction of sp³-hybridized carbons (Fsp3) is 0.438. The Hall–Kier alpha value is -1.68. The number of benzene rings is 1. The number of aromatic nitrogens is 2. The topological polar surface area (TPSA) is 29.9 Å². The number of hydrogen-bond acceptors (Lipinski definition) is 2. The van der Waals surface area contributed by atoms with E-state index in [2.05, 4.69) is 23.4 Å². The summed E-state index contributed by atoms with van der Waals surface area (Å²) in [7, 11) is 1.95. The van der Waals surface area contributed by atoms with Gasteiger partial charge in [-0.15, -0.1) is 0 Å². The third-order valence-electron chi connectivity index (χ3n) is 3.67. The summed E-state index contributed by atoms with van der Waals surface area (Å²) in [5, 5.41) is 7.83. The molecule has 0 aliphatic heterocycles. The molecule has 3 nitrogen and oxygen atoms in total. The lowest BCUT2D eigenvalue weighted by Crippen LogP contribution is -2.20. The highest BCUT2D eigenvalue weighted by Gasteiger charge is 2.09. The van der Waals surface area contributed by atoms with Gasteiger partial charge in [0.05, 0.1) is 11.4 Å². The lowest BCUT2D eigenvalue weighted by Gasteiger charge is -2.15. The second kappa shape index (κ2) is 6.18. The van der Waals surface area contributed by atoms with Crippen LogP contribution >= 0.6 is 0 Å². The molecule has 108 valence electrons. The number of nitrogens with zero attached hydrogens (tertiary/aromatic N) is 2. The van der Waals surface area contributed by atoms with Crippen molar-refractivity contribution in [3.63, 3.8) is 0 Å². The van der Waals surface area contributed by atoms with Crippen LogP contribution in [0.25, 0.3) is 0 Å². The molecule has 1 heterocycles. The van der Waals surface area contributed by atoms with Crippen molar-refractivity contribution >= 4 is 0 Å². The fourth-order valence-electron chi connectivity index (χ4n) is 2.16. The summed E-state index contributed by atoms with van der Waals surface area (Å²) in [6, 6.07) is 7.60. The smallest absolute Gasteiger partial charge is 0.126 e. The van der Waals surface area contributed by atoms with E-state index >= 15 is 0 Å². The van der Waals surface area contributed by atoms with E-state index in [1.807, 2.05) is 30.8 Å². The van der Waals surface area contributed by atoms with Gasteiger partial charge in [0, 0.05) is 19.6 Å². The summed E-state index contributed by atoms with van der Waals surface area (Å²) in [5.41, 5.74) is 3.88. The van der Waals surface area contributed by atoms with Crippen LogP contribution < -0.4 is 5.32 Å². The standard InChI is InChI=1S/C16H22FN3/c1-5-14-9-15(20(4)19-14)10-18-12(3)13-7-6-11(2)16(17)8-13/h6-9,12,18H,5,10H2,1-4H3. The Kier molecular flexibility index (Phi) is 4.55. The third-order valence-corrected chi connectivity index (χ3v) is 3.67. The van der Waals surface area contributed by atoms with Crippen molar-refractivity contribution < 1.29 is 4.39 Å². The molecular formula is C16H22FN3. The minimum absolute atomic E-state index is 0.102. The van der Waals surface area contributed by atoms with Gasteiger partial charge in [0.25, 0.3) is 0 Å². The number of rotatable bonds is 5. The van der Waals surface area contributed by atoms with Crippen molar-refractivity contribution in [1.29, 1.82) is 0 Å². The second-order valence-electron chi connectivity index (χ2n) is 5.22. The average molecular weight is 275 g/mol. The van der Waals surface area contributed by atoms with Crippen molar-refractivity contribution in [2.45, 2.75) is 39.8 Å². The number of nitrogens with one attached hydrogen (secondary N) is 1. The molecule has 0 radical (unpaired) electrons. The Morgan fingerprint density at radius 1 is 1.35 bits per heavy atom. The normalized spacial score (nSPS) is 12.7. The Morgan fingerprint density at radius 3 is 2.70 bits per heavy atom. The quantitative estimate of drug-likeness (QED) is 0.907. The number of hydrogen-bond donors (Lipinski definition) is 1. The molecule has 2 aromatic rings. The first kappa shape index (κ1) is 14.7. The largest absolute Gasteiger partial charge is 0.305 e. The summed E-state index contributed by atoms with van der Waals surface area (Å²) in [5.74, 6) is -0.148. The van der Waals surface area contributed by atoms with Gasteiger partial charge in [0.1, 0.15) is 5.82 Å². The molecular weight excluding hydrogens is 253 g/mol. The molecule has 1 atom stereocenters. The molecule has 0 spiro atoms. The number of aryl methyl sites for hydroxylation is 3. The van der Waals surface area contributed by atoms with E-state index in [1.165, 1.54) is 0 Å². The van der Waals surface area contributed by atoms with Crippen molar-refractivity contribution in [1.82, 2.24) is 15.1 Å². The Morgan fingerprint density at radius 2 is 2.10 bits per heavy atom. The SMILES string of the molecule is CCc1cc(CNC(C)c2ccc(C)c(F)c2)n(C)n1. The van der Waals surface area contributed by atoms with Crippen LogP contribution in [0.4, 0.5) is 4.39 Å². The van der Waals surface area contributed by atoms with Crippen LogP contribution in [-0.4, -0.2) is 9.78 Å². The van der Waals surface area contributed by atoms with Gasteiger partial charge in [-0.25, -0.2) is 4.39 Å². The van der Waals surface area contributed by atoms with Crippen molar-refractivity contribution in [3.05, 3.63) is 52.6 Å². The first-order valence-corrected chi connectivity index (χ1v) is 7.02. The molecule has 0 saturated carbocycles. The van der Waals surface area contributed by atoms with E-state index in [4.69, 9.17) is 0 Å². The molecule has 1 aromatic heterocycles. The van der Waals surface area contributed by atoms with Crippen LogP contribution in [0, 0.1) is 12.7 Å². The lowest BCUT2D eigenvalue weighted by atomic mass is 10.1. The van der Waals surface area contributed by atoms with Gasteiger partial charge in [-0.05, 0) is 43.5 Å². The van der Waals surface area contributed by atoms with Gasteiger partial charge >= 0.3 is 0 Å². The molecule has 1 N–H and O–H groups in total. The zero-order valence-corrected chi connectivity index (χ0v) is 12.6. The van der Waals surface area contributed by atoms with Crippen LogP contribution in [0.1, 0.15) is 42.4 Å². The van der Waals surface area contributed by atoms with E-state index in [0.29, 0.717) is 5.56 Å². The molecule has 0 aliphatic carbocycles. The summed E-state index contributed by atoms with van der Waals surface area (Å²) < 4.78 is 15.5. The van der Waals surface area contributed by atoms with Crippen LogP contribution in [0.5, 0.6) is 0 Å². The predicted molar refractivity (Wildman–Crippen MR) is 79.0 cm³/mol. The van der Waals surface area contributed by atoms with Crippen LogP contribution in [0.3, 0.4) is 0 Å². The molecule has 0 bridgehead atoms. The van der Waals surface area contributed by atoms with Crippen LogP contribution in [-0.2, 0) is 20.0 Å². The van der Waals surface area contributed by atoms with E-state index in [-0.39, 0.29) is 11.9 Å². The molecule has 20 heavy (non-hydrogen) atoms. The minimum Gasteiger partial charge on any atom is -0.305 e. The van der Waals surface area contributed by atoms with E-state index < -0.39 is 0 Å². The molecule has 0 aliphatic rings. The molecule has 0 saturated heterocycles. The molecule has 1 aromatic carbocycles. The molecule has 0 amide bonds.